The standard InChI is InChI=1S/C28H36N6O4S/c1-4-20(2)27(29)28(35)32-22-8-5-9-23(15-22)39(36,37)26-16-25(38-19-21-7-6-10-30-17-21)24(18-31-26)34-13-11-33(3)12-14-34/h5-10,15-18,20,27H,4,11-14,19,29H2,1-3H3,(H,32,35). The predicted molar refractivity (Wildman–Crippen MR) is 150 cm³/mol. The third-order valence-electron chi connectivity index (χ3n) is 7.03. The highest BCUT2D eigenvalue weighted by Gasteiger charge is 2.25. The maximum Gasteiger partial charge on any atom is 0.241 e. The summed E-state index contributed by atoms with van der Waals surface area (Å²) in [6, 6.07) is 10.6. The Bertz CT molecular complexity index is 1380. The second-order valence-corrected chi connectivity index (χ2v) is 11.8. The number of carbonyl (C=O) groups is 1. The lowest BCUT2D eigenvalue weighted by molar-refractivity contribution is -0.118. The van der Waals surface area contributed by atoms with E-state index in [1.54, 1.807) is 30.7 Å². The minimum atomic E-state index is -4.01. The Kier molecular flexibility index (Phi) is 9.16. The van der Waals surface area contributed by atoms with Crippen molar-refractivity contribution in [1.29, 1.82) is 0 Å². The van der Waals surface area contributed by atoms with Gasteiger partial charge in [-0.1, -0.05) is 32.4 Å². The van der Waals surface area contributed by atoms with Gasteiger partial charge in [0.25, 0.3) is 0 Å². The van der Waals surface area contributed by atoms with Crippen LogP contribution >= 0.6 is 0 Å². The SMILES string of the molecule is CCC(C)C(N)C(=O)Nc1cccc(S(=O)(=O)c2cc(OCc3cccnc3)c(N3CCN(C)CC3)cn2)c1. The van der Waals surface area contributed by atoms with Gasteiger partial charge >= 0.3 is 0 Å². The summed E-state index contributed by atoms with van der Waals surface area (Å²) >= 11 is 0. The van der Waals surface area contributed by atoms with Gasteiger partial charge in [0, 0.05) is 55.9 Å². The minimum Gasteiger partial charge on any atom is -0.487 e. The van der Waals surface area contributed by atoms with E-state index in [0.29, 0.717) is 11.4 Å². The van der Waals surface area contributed by atoms with Gasteiger partial charge in [-0.05, 0) is 37.2 Å². The number of sulfone groups is 1. The number of amides is 1. The summed E-state index contributed by atoms with van der Waals surface area (Å²) in [5, 5.41) is 2.60. The number of ether oxygens (including phenoxy) is 1. The molecule has 0 radical (unpaired) electrons. The molecule has 0 saturated carbocycles. The molecule has 1 saturated heterocycles. The monoisotopic (exact) mass is 552 g/mol. The zero-order valence-corrected chi connectivity index (χ0v) is 23.4. The fraction of sp³-hybridized carbons (Fsp3) is 0.393. The van der Waals surface area contributed by atoms with E-state index in [9.17, 15) is 13.2 Å². The number of nitrogens with two attached hydrogens (primary N) is 1. The van der Waals surface area contributed by atoms with Gasteiger partial charge in [0.15, 0.2) is 5.03 Å². The molecule has 4 rings (SSSR count). The number of nitrogens with one attached hydrogen (secondary N) is 1. The number of hydrogen-bond acceptors (Lipinski definition) is 9. The molecule has 2 atom stereocenters. The van der Waals surface area contributed by atoms with E-state index in [1.807, 2.05) is 26.0 Å². The first-order chi connectivity index (χ1) is 18.7. The third kappa shape index (κ3) is 6.92. The number of likely N-dealkylation sites (N-methyl/N-ethyl adjacent to an activating group) is 1. The maximum atomic E-state index is 13.6. The van der Waals surface area contributed by atoms with Crippen LogP contribution in [0.1, 0.15) is 25.8 Å². The summed E-state index contributed by atoms with van der Waals surface area (Å²) in [6.07, 6.45) is 5.71. The molecular weight excluding hydrogens is 516 g/mol. The number of benzene rings is 1. The van der Waals surface area contributed by atoms with Crippen LogP contribution in [0.4, 0.5) is 11.4 Å². The van der Waals surface area contributed by atoms with Crippen LogP contribution in [0.25, 0.3) is 0 Å². The first kappa shape index (κ1) is 28.5. The largest absolute Gasteiger partial charge is 0.487 e. The average molecular weight is 553 g/mol. The fourth-order valence-corrected chi connectivity index (χ4v) is 5.44. The van der Waals surface area contributed by atoms with E-state index in [2.05, 4.69) is 32.1 Å². The second kappa shape index (κ2) is 12.5. The van der Waals surface area contributed by atoms with Crippen LogP contribution in [0.5, 0.6) is 5.75 Å². The second-order valence-electron chi connectivity index (χ2n) is 9.86. The van der Waals surface area contributed by atoms with Crippen LogP contribution in [0.15, 0.2) is 71.0 Å². The summed E-state index contributed by atoms with van der Waals surface area (Å²) in [5.41, 5.74) is 7.99. The summed E-state index contributed by atoms with van der Waals surface area (Å²) in [4.78, 5) is 25.4. The summed E-state index contributed by atoms with van der Waals surface area (Å²) in [6.45, 7) is 7.39. The number of aromatic nitrogens is 2. The van der Waals surface area contributed by atoms with Gasteiger partial charge in [0.05, 0.1) is 22.8 Å². The smallest absolute Gasteiger partial charge is 0.241 e. The number of anilines is 2. The number of hydrogen-bond donors (Lipinski definition) is 2. The molecule has 2 aromatic heterocycles. The van der Waals surface area contributed by atoms with Gasteiger partial charge in [-0.15, -0.1) is 0 Å². The topological polar surface area (TPSA) is 131 Å². The Morgan fingerprint density at radius 3 is 2.59 bits per heavy atom. The van der Waals surface area contributed by atoms with Crippen molar-refractivity contribution in [3.05, 3.63) is 66.6 Å². The lowest BCUT2D eigenvalue weighted by Gasteiger charge is -2.34. The van der Waals surface area contributed by atoms with Crippen molar-refractivity contribution in [3.63, 3.8) is 0 Å². The van der Waals surface area contributed by atoms with E-state index >= 15 is 0 Å². The van der Waals surface area contributed by atoms with Gasteiger partial charge in [0.2, 0.25) is 15.7 Å². The summed E-state index contributed by atoms with van der Waals surface area (Å²) in [7, 11) is -1.94. The Morgan fingerprint density at radius 2 is 1.90 bits per heavy atom. The van der Waals surface area contributed by atoms with E-state index < -0.39 is 15.9 Å². The van der Waals surface area contributed by atoms with Crippen molar-refractivity contribution in [2.45, 2.75) is 42.8 Å². The van der Waals surface area contributed by atoms with E-state index in [-0.39, 0.29) is 28.4 Å². The normalized spacial score (nSPS) is 15.9. The van der Waals surface area contributed by atoms with Gasteiger partial charge in [0.1, 0.15) is 12.4 Å². The number of carbonyl (C=O) groups excluding carboxylic acids is 1. The first-order valence-corrected chi connectivity index (χ1v) is 14.5. The number of nitrogens with zero attached hydrogens (tertiary/aromatic N) is 4. The number of pyridine rings is 2. The maximum absolute atomic E-state index is 13.6. The lowest BCUT2D eigenvalue weighted by atomic mass is 9.99. The van der Waals surface area contributed by atoms with Crippen LogP contribution in [0.3, 0.4) is 0 Å². The number of piperazine rings is 1. The van der Waals surface area contributed by atoms with Crippen molar-refractivity contribution < 1.29 is 17.9 Å². The molecule has 10 nitrogen and oxygen atoms in total. The molecular formula is C28H36N6O4S. The molecule has 3 aromatic rings. The minimum absolute atomic E-state index is 0.00924. The molecule has 1 aromatic carbocycles. The molecule has 2 unspecified atom stereocenters. The molecule has 0 bridgehead atoms. The lowest BCUT2D eigenvalue weighted by Crippen LogP contribution is -2.44. The van der Waals surface area contributed by atoms with Crippen LogP contribution in [-0.4, -0.2) is 68.5 Å². The van der Waals surface area contributed by atoms with Crippen LogP contribution < -0.4 is 20.7 Å². The van der Waals surface area contributed by atoms with Crippen molar-refractivity contribution in [2.24, 2.45) is 11.7 Å². The molecule has 3 N–H and O–H groups in total. The van der Waals surface area contributed by atoms with E-state index in [0.717, 1.165) is 43.9 Å². The quantitative estimate of drug-likeness (QED) is 0.390. The molecule has 0 spiro atoms. The first-order valence-electron chi connectivity index (χ1n) is 13.1. The highest BCUT2D eigenvalue weighted by atomic mass is 32.2. The Hall–Kier alpha value is -3.54. The Morgan fingerprint density at radius 1 is 1.13 bits per heavy atom. The van der Waals surface area contributed by atoms with Crippen molar-refractivity contribution in [1.82, 2.24) is 14.9 Å². The summed E-state index contributed by atoms with van der Waals surface area (Å²) in [5.74, 6) is 0.0608. The van der Waals surface area contributed by atoms with Gasteiger partial charge in [-0.2, -0.15) is 0 Å². The average Bonchev–Trinajstić information content (AvgIpc) is 2.96. The molecule has 1 amide bonds. The third-order valence-corrected chi connectivity index (χ3v) is 8.68. The van der Waals surface area contributed by atoms with Crippen molar-refractivity contribution >= 4 is 27.1 Å². The molecule has 3 heterocycles. The molecule has 1 aliphatic heterocycles. The molecule has 0 aliphatic carbocycles. The van der Waals surface area contributed by atoms with Crippen molar-refractivity contribution in [3.8, 4) is 5.75 Å². The molecule has 1 aliphatic rings. The van der Waals surface area contributed by atoms with Crippen molar-refractivity contribution in [2.75, 3.05) is 43.4 Å². The molecule has 208 valence electrons. The summed E-state index contributed by atoms with van der Waals surface area (Å²) < 4.78 is 33.4. The van der Waals surface area contributed by atoms with Crippen LogP contribution in [0.2, 0.25) is 0 Å². The van der Waals surface area contributed by atoms with Gasteiger partial charge < -0.3 is 25.6 Å². The fourth-order valence-electron chi connectivity index (χ4n) is 4.20. The zero-order valence-electron chi connectivity index (χ0n) is 22.6. The highest BCUT2D eigenvalue weighted by Crippen LogP contribution is 2.33. The number of rotatable bonds is 10. The molecule has 39 heavy (non-hydrogen) atoms. The van der Waals surface area contributed by atoms with Gasteiger partial charge in [-0.3, -0.25) is 9.78 Å². The van der Waals surface area contributed by atoms with E-state index in [4.69, 9.17) is 10.5 Å². The molecule has 11 heteroatoms. The Balaban J connectivity index is 1.62. The van der Waals surface area contributed by atoms with Crippen LogP contribution in [-0.2, 0) is 21.2 Å². The van der Waals surface area contributed by atoms with E-state index in [1.165, 1.54) is 18.2 Å². The Labute approximate surface area is 230 Å². The van der Waals surface area contributed by atoms with Gasteiger partial charge in [-0.25, -0.2) is 13.4 Å². The van der Waals surface area contributed by atoms with Crippen LogP contribution in [0, 0.1) is 5.92 Å². The zero-order chi connectivity index (χ0) is 28.0. The predicted octanol–water partition coefficient (Wildman–Crippen LogP) is 2.95. The highest BCUT2D eigenvalue weighted by molar-refractivity contribution is 7.91. The molecule has 1 fully saturated rings.